The van der Waals surface area contributed by atoms with Gasteiger partial charge in [-0.25, -0.2) is 4.98 Å². The molecule has 1 aliphatic heterocycles. The molecule has 2 aromatic heterocycles. The molecule has 0 radical (unpaired) electrons. The van der Waals surface area contributed by atoms with Crippen LogP contribution < -0.4 is 0 Å². The first-order chi connectivity index (χ1) is 12.2. The predicted octanol–water partition coefficient (Wildman–Crippen LogP) is 1.48. The van der Waals surface area contributed by atoms with E-state index in [1.54, 1.807) is 26.5 Å². The van der Waals surface area contributed by atoms with Crippen molar-refractivity contribution >= 4 is 10.2 Å². The van der Waals surface area contributed by atoms with Gasteiger partial charge in [0.05, 0.1) is 23.3 Å². The minimum absolute atomic E-state index is 0.216. The molecular formula is C17H26N6O2S. The van der Waals surface area contributed by atoms with Gasteiger partial charge in [0.15, 0.2) is 0 Å². The zero-order chi connectivity index (χ0) is 19.1. The summed E-state index contributed by atoms with van der Waals surface area (Å²) in [5.41, 5.74) is 4.76. The van der Waals surface area contributed by atoms with Gasteiger partial charge in [-0.05, 0) is 26.7 Å². The Morgan fingerprint density at radius 2 is 1.81 bits per heavy atom. The van der Waals surface area contributed by atoms with Crippen molar-refractivity contribution in [1.29, 1.82) is 0 Å². The van der Waals surface area contributed by atoms with E-state index in [1.807, 2.05) is 25.6 Å². The van der Waals surface area contributed by atoms with Gasteiger partial charge in [-0.15, -0.1) is 0 Å². The molecule has 3 rings (SSSR count). The quantitative estimate of drug-likeness (QED) is 0.805. The van der Waals surface area contributed by atoms with E-state index >= 15 is 0 Å². The van der Waals surface area contributed by atoms with Gasteiger partial charge in [-0.3, -0.25) is 9.67 Å². The molecule has 3 heterocycles. The van der Waals surface area contributed by atoms with Crippen molar-refractivity contribution in [3.63, 3.8) is 0 Å². The van der Waals surface area contributed by atoms with Crippen molar-refractivity contribution in [3.8, 4) is 11.3 Å². The Kier molecular flexibility index (Phi) is 5.14. The fraction of sp³-hybridized carbons (Fsp3) is 0.588. The van der Waals surface area contributed by atoms with Gasteiger partial charge in [0.1, 0.15) is 0 Å². The van der Waals surface area contributed by atoms with Crippen LogP contribution in [0.25, 0.3) is 11.3 Å². The van der Waals surface area contributed by atoms with Gasteiger partial charge in [-0.2, -0.15) is 22.1 Å². The van der Waals surface area contributed by atoms with Crippen molar-refractivity contribution in [1.82, 2.24) is 28.4 Å². The smallest absolute Gasteiger partial charge is 0.272 e. The standard InChI is InChI=1S/C17H26N6O2S/c1-12-17(13(2)22(5)20-12)16-11-18-10-15(19-16)14-6-8-23(9-7-14)26(24,25)21(3)4/h10-11,14H,6-9H2,1-5H3. The lowest BCUT2D eigenvalue weighted by atomic mass is 9.94. The summed E-state index contributed by atoms with van der Waals surface area (Å²) in [5, 5.41) is 4.45. The van der Waals surface area contributed by atoms with E-state index in [1.165, 1.54) is 8.61 Å². The van der Waals surface area contributed by atoms with Gasteiger partial charge < -0.3 is 0 Å². The maximum Gasteiger partial charge on any atom is 0.281 e. The second kappa shape index (κ2) is 7.05. The lowest BCUT2D eigenvalue weighted by Gasteiger charge is -2.32. The monoisotopic (exact) mass is 378 g/mol. The summed E-state index contributed by atoms with van der Waals surface area (Å²) >= 11 is 0. The highest BCUT2D eigenvalue weighted by molar-refractivity contribution is 7.86. The Morgan fingerprint density at radius 1 is 1.15 bits per heavy atom. The van der Waals surface area contributed by atoms with Crippen LogP contribution in [-0.4, -0.2) is 64.0 Å². The van der Waals surface area contributed by atoms with Crippen LogP contribution in [0.5, 0.6) is 0 Å². The molecule has 0 atom stereocenters. The molecule has 1 fully saturated rings. The van der Waals surface area contributed by atoms with Crippen LogP contribution in [0.1, 0.15) is 35.8 Å². The van der Waals surface area contributed by atoms with Crippen molar-refractivity contribution in [2.75, 3.05) is 27.2 Å². The van der Waals surface area contributed by atoms with Crippen LogP contribution in [0.15, 0.2) is 12.4 Å². The number of hydrogen-bond donors (Lipinski definition) is 0. The van der Waals surface area contributed by atoms with E-state index in [0.717, 1.165) is 41.2 Å². The molecule has 1 aliphatic rings. The SMILES string of the molecule is Cc1nn(C)c(C)c1-c1cncc(C2CCN(S(=O)(=O)N(C)C)CC2)n1. The van der Waals surface area contributed by atoms with Gasteiger partial charge in [-0.1, -0.05) is 0 Å². The van der Waals surface area contributed by atoms with E-state index in [9.17, 15) is 8.42 Å². The normalized spacial score (nSPS) is 17.2. The third-order valence-electron chi connectivity index (χ3n) is 5.08. The Balaban J connectivity index is 1.80. The Hall–Kier alpha value is -1.84. The third-order valence-corrected chi connectivity index (χ3v) is 7.02. The first-order valence-electron chi connectivity index (χ1n) is 8.72. The first-order valence-corrected chi connectivity index (χ1v) is 10.1. The van der Waals surface area contributed by atoms with Crippen molar-refractivity contribution in [3.05, 3.63) is 29.5 Å². The van der Waals surface area contributed by atoms with Crippen LogP contribution in [0.4, 0.5) is 0 Å². The van der Waals surface area contributed by atoms with Gasteiger partial charge in [0, 0.05) is 57.6 Å². The molecule has 9 heteroatoms. The molecular weight excluding hydrogens is 352 g/mol. The molecule has 0 bridgehead atoms. The Bertz CT molecular complexity index is 898. The van der Waals surface area contributed by atoms with E-state index in [4.69, 9.17) is 4.98 Å². The van der Waals surface area contributed by atoms with Crippen LogP contribution in [-0.2, 0) is 17.3 Å². The topological polar surface area (TPSA) is 84.2 Å². The highest BCUT2D eigenvalue weighted by Gasteiger charge is 2.30. The Labute approximate surface area is 155 Å². The maximum absolute atomic E-state index is 12.3. The first kappa shape index (κ1) is 18.9. The van der Waals surface area contributed by atoms with Gasteiger partial charge in [0.25, 0.3) is 10.2 Å². The molecule has 0 aliphatic carbocycles. The summed E-state index contributed by atoms with van der Waals surface area (Å²) in [5.74, 6) is 0.216. The maximum atomic E-state index is 12.3. The number of nitrogens with zero attached hydrogens (tertiary/aromatic N) is 6. The fourth-order valence-corrected chi connectivity index (χ4v) is 4.59. The highest BCUT2D eigenvalue weighted by Crippen LogP contribution is 2.30. The fourth-order valence-electron chi connectivity index (χ4n) is 3.46. The number of hydrogen-bond acceptors (Lipinski definition) is 5. The zero-order valence-electron chi connectivity index (χ0n) is 16.0. The molecule has 26 heavy (non-hydrogen) atoms. The number of piperidine rings is 1. The van der Waals surface area contributed by atoms with E-state index in [2.05, 4.69) is 10.1 Å². The lowest BCUT2D eigenvalue weighted by molar-refractivity contribution is 0.300. The van der Waals surface area contributed by atoms with Crippen LogP contribution in [0.2, 0.25) is 0 Å². The molecule has 142 valence electrons. The van der Waals surface area contributed by atoms with Crippen molar-refractivity contribution in [2.45, 2.75) is 32.6 Å². The molecule has 8 nitrogen and oxygen atoms in total. The lowest BCUT2D eigenvalue weighted by Crippen LogP contribution is -2.44. The van der Waals surface area contributed by atoms with Crippen LogP contribution in [0, 0.1) is 13.8 Å². The average molecular weight is 379 g/mol. The summed E-state index contributed by atoms with van der Waals surface area (Å²) in [6, 6.07) is 0. The molecule has 0 amide bonds. The second-order valence-electron chi connectivity index (χ2n) is 6.96. The molecule has 0 saturated carbocycles. The predicted molar refractivity (Wildman–Crippen MR) is 99.9 cm³/mol. The van der Waals surface area contributed by atoms with Crippen molar-refractivity contribution < 1.29 is 8.42 Å². The number of aryl methyl sites for hydroxylation is 2. The highest BCUT2D eigenvalue weighted by atomic mass is 32.2. The summed E-state index contributed by atoms with van der Waals surface area (Å²) in [4.78, 5) is 9.21. The Morgan fingerprint density at radius 3 is 2.35 bits per heavy atom. The van der Waals surface area contributed by atoms with Crippen LogP contribution in [0.3, 0.4) is 0 Å². The van der Waals surface area contributed by atoms with Crippen LogP contribution >= 0.6 is 0 Å². The van der Waals surface area contributed by atoms with E-state index in [-0.39, 0.29) is 5.92 Å². The minimum Gasteiger partial charge on any atom is -0.272 e. The van der Waals surface area contributed by atoms with Gasteiger partial charge >= 0.3 is 0 Å². The van der Waals surface area contributed by atoms with Gasteiger partial charge in [0.2, 0.25) is 0 Å². The second-order valence-corrected chi connectivity index (χ2v) is 9.10. The molecule has 0 spiro atoms. The summed E-state index contributed by atoms with van der Waals surface area (Å²) < 4.78 is 29.2. The average Bonchev–Trinajstić information content (AvgIpc) is 2.87. The largest absolute Gasteiger partial charge is 0.281 e. The number of rotatable bonds is 4. The summed E-state index contributed by atoms with van der Waals surface area (Å²) in [7, 11) is 1.70. The van der Waals surface area contributed by atoms with E-state index in [0.29, 0.717) is 13.1 Å². The van der Waals surface area contributed by atoms with Crippen molar-refractivity contribution in [2.24, 2.45) is 7.05 Å². The molecule has 0 unspecified atom stereocenters. The summed E-state index contributed by atoms with van der Waals surface area (Å²) in [6.07, 6.45) is 5.06. The summed E-state index contributed by atoms with van der Waals surface area (Å²) in [6.45, 7) is 5.00. The molecule has 0 N–H and O–H groups in total. The molecule has 1 saturated heterocycles. The zero-order valence-corrected chi connectivity index (χ0v) is 16.8. The minimum atomic E-state index is -3.35. The third kappa shape index (κ3) is 3.38. The van der Waals surface area contributed by atoms with E-state index < -0.39 is 10.2 Å². The number of aromatic nitrogens is 4. The molecule has 0 aromatic carbocycles. The molecule has 2 aromatic rings.